The zero-order valence-electron chi connectivity index (χ0n) is 21.9. The first-order chi connectivity index (χ1) is 19.5. The van der Waals surface area contributed by atoms with Gasteiger partial charge in [-0.1, -0.05) is 24.3 Å². The molecule has 0 radical (unpaired) electrons. The maximum atomic E-state index is 13.6. The minimum Gasteiger partial charge on any atom is -0.508 e. The van der Waals surface area contributed by atoms with E-state index in [-0.39, 0.29) is 36.5 Å². The van der Waals surface area contributed by atoms with Crippen LogP contribution in [-0.4, -0.2) is 78.9 Å². The molecule has 0 aliphatic carbocycles. The van der Waals surface area contributed by atoms with Crippen molar-refractivity contribution in [3.8, 4) is 11.5 Å². The third-order valence-electron chi connectivity index (χ3n) is 6.15. The summed E-state index contributed by atoms with van der Waals surface area (Å²) in [5.41, 5.74) is 7.85. The lowest BCUT2D eigenvalue weighted by Crippen LogP contribution is -2.58. The van der Waals surface area contributed by atoms with Gasteiger partial charge < -0.3 is 42.0 Å². The Morgan fingerprint density at radius 3 is 1.66 bits per heavy atom. The van der Waals surface area contributed by atoms with Gasteiger partial charge in [-0.15, -0.1) is 0 Å². The molecule has 4 atom stereocenters. The first-order valence-electron chi connectivity index (χ1n) is 12.6. The number of imidazole rings is 1. The Hall–Kier alpha value is -4.56. The van der Waals surface area contributed by atoms with Gasteiger partial charge in [0.1, 0.15) is 29.6 Å². The molecule has 0 spiro atoms. The number of nitrogens with two attached hydrogens (primary N) is 1. The van der Waals surface area contributed by atoms with Crippen molar-refractivity contribution < 1.29 is 34.5 Å². The standard InChI is InChI=1S/C27H32N6O7S/c28-20(11-17-12-29-14-30-17)24(36)31-21(9-15-1-5-18(34)6-2-15)25(37)32-22(10-16-3-7-19(35)8-4-16)26(38)33-23(13-41)27(39)40/h1-8,12,14,20-23,34-35,41H,9-11,13,28H2,(H,29,30)(H,31,36)(H,32,37)(H,33,38)(H,39,40). The van der Waals surface area contributed by atoms with Crippen LogP contribution < -0.4 is 21.7 Å². The summed E-state index contributed by atoms with van der Waals surface area (Å²) in [7, 11) is 0. The molecule has 1 aromatic heterocycles. The summed E-state index contributed by atoms with van der Waals surface area (Å²) in [4.78, 5) is 57.9. The van der Waals surface area contributed by atoms with Gasteiger partial charge in [-0.3, -0.25) is 14.4 Å². The van der Waals surface area contributed by atoms with Gasteiger partial charge >= 0.3 is 5.97 Å². The quantitative estimate of drug-likeness (QED) is 0.113. The number of H-pyrrole nitrogens is 1. The number of aromatic nitrogens is 2. The molecule has 13 nitrogen and oxygen atoms in total. The molecule has 1 heterocycles. The summed E-state index contributed by atoms with van der Waals surface area (Å²) in [5, 5.41) is 36.2. The number of aliphatic carboxylic acids is 1. The number of phenolic OH excluding ortho intramolecular Hbond substituents is 2. The number of thiol groups is 1. The summed E-state index contributed by atoms with van der Waals surface area (Å²) in [6, 6.07) is 7.20. The largest absolute Gasteiger partial charge is 0.508 e. The number of carboxylic acid groups (broad SMARTS) is 1. The van der Waals surface area contributed by atoms with Gasteiger partial charge in [-0.2, -0.15) is 12.6 Å². The number of aromatic hydroxyl groups is 2. The summed E-state index contributed by atoms with van der Waals surface area (Å²) >= 11 is 3.97. The fraction of sp³-hybridized carbons (Fsp3) is 0.296. The average Bonchev–Trinajstić information content (AvgIpc) is 3.45. The Labute approximate surface area is 241 Å². The smallest absolute Gasteiger partial charge is 0.327 e. The second-order valence-corrected chi connectivity index (χ2v) is 9.70. The van der Waals surface area contributed by atoms with Crippen molar-refractivity contribution in [2.75, 3.05) is 5.75 Å². The van der Waals surface area contributed by atoms with Crippen LogP contribution in [0.25, 0.3) is 0 Å². The summed E-state index contributed by atoms with van der Waals surface area (Å²) < 4.78 is 0. The highest BCUT2D eigenvalue weighted by atomic mass is 32.1. The van der Waals surface area contributed by atoms with Crippen LogP contribution in [0, 0.1) is 0 Å². The number of aromatic amines is 1. The van der Waals surface area contributed by atoms with Gasteiger partial charge in [0, 0.05) is 36.9 Å². The molecular weight excluding hydrogens is 552 g/mol. The second-order valence-electron chi connectivity index (χ2n) is 9.33. The molecule has 3 rings (SSSR count). The van der Waals surface area contributed by atoms with Gasteiger partial charge in [0.15, 0.2) is 0 Å². The van der Waals surface area contributed by atoms with E-state index in [2.05, 4.69) is 38.5 Å². The van der Waals surface area contributed by atoms with Crippen LogP contribution in [0.1, 0.15) is 16.8 Å². The van der Waals surface area contributed by atoms with E-state index in [1.165, 1.54) is 36.8 Å². The van der Waals surface area contributed by atoms with E-state index in [0.29, 0.717) is 16.8 Å². The Bertz CT molecular complexity index is 1320. The van der Waals surface area contributed by atoms with E-state index >= 15 is 0 Å². The van der Waals surface area contributed by atoms with Crippen LogP contribution in [0.15, 0.2) is 61.1 Å². The lowest BCUT2D eigenvalue weighted by atomic mass is 10.0. The zero-order chi connectivity index (χ0) is 29.9. The SMILES string of the molecule is NC(Cc1cnc[nH]1)C(=O)NC(Cc1ccc(O)cc1)C(=O)NC(Cc1ccc(O)cc1)C(=O)NC(CS)C(=O)O. The summed E-state index contributed by atoms with van der Waals surface area (Å²) in [5.74, 6) is -3.60. The third kappa shape index (κ3) is 9.54. The monoisotopic (exact) mass is 584 g/mol. The third-order valence-corrected chi connectivity index (χ3v) is 6.51. The van der Waals surface area contributed by atoms with Crippen molar-refractivity contribution in [2.24, 2.45) is 5.73 Å². The van der Waals surface area contributed by atoms with Crippen LogP contribution in [0.4, 0.5) is 0 Å². The Morgan fingerprint density at radius 1 is 0.780 bits per heavy atom. The number of carbonyl (C=O) groups is 4. The van der Waals surface area contributed by atoms with Crippen molar-refractivity contribution in [2.45, 2.75) is 43.4 Å². The molecule has 0 bridgehead atoms. The van der Waals surface area contributed by atoms with E-state index in [1.54, 1.807) is 24.3 Å². The lowest BCUT2D eigenvalue weighted by molar-refractivity contribution is -0.141. The Kier molecular flexibility index (Phi) is 11.1. The molecule has 3 amide bonds. The number of carboxylic acids is 1. The number of phenols is 2. The van der Waals surface area contributed by atoms with Gasteiger partial charge in [-0.25, -0.2) is 9.78 Å². The molecular formula is C27H32N6O7S. The number of benzene rings is 2. The van der Waals surface area contributed by atoms with Crippen LogP contribution in [-0.2, 0) is 38.4 Å². The van der Waals surface area contributed by atoms with E-state index in [0.717, 1.165) is 0 Å². The maximum Gasteiger partial charge on any atom is 0.327 e. The number of carbonyl (C=O) groups excluding carboxylic acids is 3. The molecule has 4 unspecified atom stereocenters. The van der Waals surface area contributed by atoms with Crippen LogP contribution >= 0.6 is 12.6 Å². The number of rotatable bonds is 14. The molecule has 9 N–H and O–H groups in total. The van der Waals surface area contributed by atoms with Crippen molar-refractivity contribution >= 4 is 36.3 Å². The molecule has 0 aliphatic heterocycles. The first kappa shape index (κ1) is 31.0. The predicted molar refractivity (Wildman–Crippen MR) is 151 cm³/mol. The highest BCUT2D eigenvalue weighted by Gasteiger charge is 2.30. The first-order valence-corrected chi connectivity index (χ1v) is 13.2. The zero-order valence-corrected chi connectivity index (χ0v) is 22.8. The van der Waals surface area contributed by atoms with Crippen molar-refractivity contribution in [1.82, 2.24) is 25.9 Å². The fourth-order valence-electron chi connectivity index (χ4n) is 3.89. The second kappa shape index (κ2) is 14.7. The predicted octanol–water partition coefficient (Wildman–Crippen LogP) is -0.355. The molecule has 0 saturated carbocycles. The molecule has 41 heavy (non-hydrogen) atoms. The van der Waals surface area contributed by atoms with E-state index < -0.39 is 47.9 Å². The Balaban J connectivity index is 1.83. The maximum absolute atomic E-state index is 13.6. The normalized spacial score (nSPS) is 13.8. The van der Waals surface area contributed by atoms with Gasteiger partial charge in [0.2, 0.25) is 17.7 Å². The Morgan fingerprint density at radius 2 is 1.24 bits per heavy atom. The molecule has 0 aliphatic rings. The number of nitrogens with zero attached hydrogens (tertiary/aromatic N) is 1. The molecule has 218 valence electrons. The van der Waals surface area contributed by atoms with E-state index in [1.807, 2.05) is 0 Å². The topological polar surface area (TPSA) is 220 Å². The van der Waals surface area contributed by atoms with Crippen LogP contribution in [0.3, 0.4) is 0 Å². The molecule has 3 aromatic rings. The molecule has 14 heteroatoms. The molecule has 0 fully saturated rings. The van der Waals surface area contributed by atoms with E-state index in [4.69, 9.17) is 5.73 Å². The molecule has 2 aromatic carbocycles. The van der Waals surface area contributed by atoms with Gasteiger partial charge in [0.25, 0.3) is 0 Å². The van der Waals surface area contributed by atoms with Crippen LogP contribution in [0.2, 0.25) is 0 Å². The van der Waals surface area contributed by atoms with Crippen molar-refractivity contribution in [3.05, 3.63) is 77.9 Å². The van der Waals surface area contributed by atoms with Crippen LogP contribution in [0.5, 0.6) is 11.5 Å². The highest BCUT2D eigenvalue weighted by Crippen LogP contribution is 2.14. The van der Waals surface area contributed by atoms with Gasteiger partial charge in [-0.05, 0) is 35.4 Å². The van der Waals surface area contributed by atoms with Crippen molar-refractivity contribution in [1.29, 1.82) is 0 Å². The fourth-order valence-corrected chi connectivity index (χ4v) is 4.14. The minimum absolute atomic E-state index is 0.00273. The summed E-state index contributed by atoms with van der Waals surface area (Å²) in [6.07, 6.45) is 3.05. The average molecular weight is 585 g/mol. The van der Waals surface area contributed by atoms with Crippen molar-refractivity contribution in [3.63, 3.8) is 0 Å². The molecule has 0 saturated heterocycles. The summed E-state index contributed by atoms with van der Waals surface area (Å²) in [6.45, 7) is 0. The van der Waals surface area contributed by atoms with Gasteiger partial charge in [0.05, 0.1) is 12.4 Å². The lowest BCUT2D eigenvalue weighted by Gasteiger charge is -2.25. The number of hydrogen-bond donors (Lipinski definition) is 9. The van der Waals surface area contributed by atoms with E-state index in [9.17, 15) is 34.5 Å². The highest BCUT2D eigenvalue weighted by molar-refractivity contribution is 7.80. The number of nitrogens with one attached hydrogen (secondary N) is 4. The minimum atomic E-state index is -1.31. The number of hydrogen-bond acceptors (Lipinski definition) is 9. The number of amides is 3.